The average molecular weight is 559 g/mol. The Morgan fingerprint density at radius 2 is 1.80 bits per heavy atom. The van der Waals surface area contributed by atoms with Gasteiger partial charge >= 0.3 is 6.09 Å². The van der Waals surface area contributed by atoms with E-state index >= 15 is 0 Å². The van der Waals surface area contributed by atoms with Crippen LogP contribution in [-0.4, -0.2) is 74.4 Å². The minimum absolute atomic E-state index is 0.0581. The van der Waals surface area contributed by atoms with Crippen LogP contribution in [0.3, 0.4) is 0 Å². The van der Waals surface area contributed by atoms with Gasteiger partial charge in [0, 0.05) is 31.3 Å². The Morgan fingerprint density at radius 1 is 1.07 bits per heavy atom. The molecule has 14 heteroatoms. The highest BCUT2D eigenvalue weighted by molar-refractivity contribution is 5.85. The second-order valence-electron chi connectivity index (χ2n) is 10.6. The molecular formula is C26H32F2N8O4. The van der Waals surface area contributed by atoms with Crippen LogP contribution in [0.25, 0.3) is 5.69 Å². The second kappa shape index (κ2) is 11.8. The standard InChI is InChI=1S/C26H32F2N8O4/c1-16-20(36(33-30-16)18-7-5-17(6-8-18)23(27)28)14-39-22-10-9-21(31-32-22)34-11-12-35(19(13-34)24(29)37)25(38)40-15-26(2,3)4/h5-10,19,23H,11-15H2,1-4H3,(H2,29,37)/t19-/m0/s1. The summed E-state index contributed by atoms with van der Waals surface area (Å²) in [5.74, 6) is 0.0814. The highest BCUT2D eigenvalue weighted by Crippen LogP contribution is 2.23. The van der Waals surface area contributed by atoms with E-state index in [1.165, 1.54) is 33.8 Å². The van der Waals surface area contributed by atoms with Crippen molar-refractivity contribution in [1.29, 1.82) is 0 Å². The molecule has 2 amide bonds. The molecule has 0 spiro atoms. The molecule has 1 aliphatic rings. The lowest BCUT2D eigenvalue weighted by molar-refractivity contribution is -0.123. The zero-order chi connectivity index (χ0) is 29.0. The maximum Gasteiger partial charge on any atom is 0.410 e. The van der Waals surface area contributed by atoms with Gasteiger partial charge in [-0.05, 0) is 30.5 Å². The van der Waals surface area contributed by atoms with Gasteiger partial charge in [0.15, 0.2) is 5.82 Å². The Hall–Kier alpha value is -4.36. The average Bonchev–Trinajstić information content (AvgIpc) is 3.30. The van der Waals surface area contributed by atoms with Crippen molar-refractivity contribution in [2.24, 2.45) is 11.1 Å². The highest BCUT2D eigenvalue weighted by Gasteiger charge is 2.36. The molecule has 12 nitrogen and oxygen atoms in total. The Morgan fingerprint density at radius 3 is 2.40 bits per heavy atom. The molecule has 1 aromatic carbocycles. The van der Waals surface area contributed by atoms with Crippen molar-refractivity contribution in [3.8, 4) is 11.6 Å². The summed E-state index contributed by atoms with van der Waals surface area (Å²) in [6, 6.07) is 8.19. The van der Waals surface area contributed by atoms with Gasteiger partial charge in [0.05, 0.1) is 18.0 Å². The number of primary amides is 1. The molecule has 0 unspecified atom stereocenters. The maximum atomic E-state index is 12.9. The third-order valence-corrected chi connectivity index (χ3v) is 6.23. The molecule has 0 aliphatic carbocycles. The molecule has 1 aliphatic heterocycles. The summed E-state index contributed by atoms with van der Waals surface area (Å²) in [6.45, 7) is 8.63. The van der Waals surface area contributed by atoms with Crippen molar-refractivity contribution >= 4 is 17.8 Å². The first-order valence-corrected chi connectivity index (χ1v) is 12.7. The zero-order valence-electron chi connectivity index (χ0n) is 22.8. The fourth-order valence-electron chi connectivity index (χ4n) is 4.03. The lowest BCUT2D eigenvalue weighted by Gasteiger charge is -2.39. The molecule has 4 rings (SSSR count). The van der Waals surface area contributed by atoms with Crippen LogP contribution in [0.1, 0.15) is 44.1 Å². The number of alkyl halides is 2. The monoisotopic (exact) mass is 558 g/mol. The summed E-state index contributed by atoms with van der Waals surface area (Å²) in [6.07, 6.45) is -3.14. The molecule has 1 fully saturated rings. The van der Waals surface area contributed by atoms with Crippen molar-refractivity contribution in [2.45, 2.75) is 46.8 Å². The van der Waals surface area contributed by atoms with Gasteiger partial charge < -0.3 is 20.1 Å². The van der Waals surface area contributed by atoms with Gasteiger partial charge in [0.25, 0.3) is 6.43 Å². The number of nitrogens with zero attached hydrogens (tertiary/aromatic N) is 7. The number of carbonyl (C=O) groups excluding carboxylic acids is 2. The number of amides is 2. The van der Waals surface area contributed by atoms with E-state index in [0.717, 1.165) is 0 Å². The highest BCUT2D eigenvalue weighted by atomic mass is 19.3. The summed E-state index contributed by atoms with van der Waals surface area (Å²) in [5, 5.41) is 16.5. The minimum Gasteiger partial charge on any atom is -0.470 e. The summed E-state index contributed by atoms with van der Waals surface area (Å²) in [7, 11) is 0. The van der Waals surface area contributed by atoms with Crippen LogP contribution in [0.15, 0.2) is 36.4 Å². The molecule has 1 saturated heterocycles. The first-order valence-electron chi connectivity index (χ1n) is 12.7. The molecule has 214 valence electrons. The first kappa shape index (κ1) is 28.6. The van der Waals surface area contributed by atoms with Crippen LogP contribution in [-0.2, 0) is 16.1 Å². The minimum atomic E-state index is -2.56. The Kier molecular flexibility index (Phi) is 8.45. The van der Waals surface area contributed by atoms with Crippen LogP contribution in [0, 0.1) is 12.3 Å². The van der Waals surface area contributed by atoms with Crippen LogP contribution in [0.5, 0.6) is 5.88 Å². The van der Waals surface area contributed by atoms with E-state index in [1.54, 1.807) is 19.1 Å². The molecule has 3 aromatic rings. The van der Waals surface area contributed by atoms with Crippen molar-refractivity contribution < 1.29 is 27.8 Å². The van der Waals surface area contributed by atoms with Crippen molar-refractivity contribution in [3.63, 3.8) is 0 Å². The van der Waals surface area contributed by atoms with Crippen molar-refractivity contribution in [2.75, 3.05) is 31.1 Å². The molecule has 2 aromatic heterocycles. The number of halogens is 2. The first-order chi connectivity index (χ1) is 18.9. The van der Waals surface area contributed by atoms with Crippen LogP contribution in [0.4, 0.5) is 19.4 Å². The number of aromatic nitrogens is 5. The van der Waals surface area contributed by atoms with Crippen LogP contribution in [0.2, 0.25) is 0 Å². The number of nitrogens with two attached hydrogens (primary N) is 1. The molecular weight excluding hydrogens is 526 g/mol. The fraction of sp³-hybridized carbons (Fsp3) is 0.462. The van der Waals surface area contributed by atoms with Gasteiger partial charge in [-0.25, -0.2) is 18.3 Å². The summed E-state index contributed by atoms with van der Waals surface area (Å²) in [5.41, 5.74) is 7.10. The second-order valence-corrected chi connectivity index (χ2v) is 10.6. The number of rotatable bonds is 8. The third kappa shape index (κ3) is 6.79. The van der Waals surface area contributed by atoms with E-state index in [2.05, 4.69) is 20.5 Å². The van der Waals surface area contributed by atoms with E-state index in [9.17, 15) is 18.4 Å². The molecule has 3 heterocycles. The number of hydrogen-bond donors (Lipinski definition) is 1. The van der Waals surface area contributed by atoms with Gasteiger partial charge in [0.2, 0.25) is 11.8 Å². The Bertz CT molecular complexity index is 1330. The van der Waals surface area contributed by atoms with Gasteiger partial charge in [-0.3, -0.25) is 9.69 Å². The topological polar surface area (TPSA) is 142 Å². The number of aryl methyl sites for hydroxylation is 1. The lowest BCUT2D eigenvalue weighted by atomic mass is 9.99. The van der Waals surface area contributed by atoms with Gasteiger partial charge in [-0.2, -0.15) is 0 Å². The van der Waals surface area contributed by atoms with Crippen molar-refractivity contribution in [3.05, 3.63) is 53.3 Å². The molecule has 2 N–H and O–H groups in total. The summed E-state index contributed by atoms with van der Waals surface area (Å²) < 4.78 is 38.5. The number of hydrogen-bond acceptors (Lipinski definition) is 9. The summed E-state index contributed by atoms with van der Waals surface area (Å²) in [4.78, 5) is 27.9. The van der Waals surface area contributed by atoms with E-state index < -0.39 is 24.5 Å². The smallest absolute Gasteiger partial charge is 0.410 e. The maximum absolute atomic E-state index is 12.9. The zero-order valence-corrected chi connectivity index (χ0v) is 22.8. The fourth-order valence-corrected chi connectivity index (χ4v) is 4.03. The molecule has 40 heavy (non-hydrogen) atoms. The van der Waals surface area contributed by atoms with E-state index in [0.29, 0.717) is 29.4 Å². The lowest BCUT2D eigenvalue weighted by Crippen LogP contribution is -2.60. The predicted octanol–water partition coefficient (Wildman–Crippen LogP) is 3.04. The van der Waals surface area contributed by atoms with Gasteiger partial charge in [-0.15, -0.1) is 15.3 Å². The molecule has 0 saturated carbocycles. The van der Waals surface area contributed by atoms with Crippen LogP contribution < -0.4 is 15.4 Å². The third-order valence-electron chi connectivity index (χ3n) is 6.23. The van der Waals surface area contributed by atoms with Crippen LogP contribution >= 0.6 is 0 Å². The Balaban J connectivity index is 1.39. The number of carbonyl (C=O) groups is 2. The number of anilines is 1. The largest absolute Gasteiger partial charge is 0.470 e. The number of benzene rings is 1. The predicted molar refractivity (Wildman–Crippen MR) is 140 cm³/mol. The number of piperazine rings is 1. The number of ether oxygens (including phenoxy) is 2. The quantitative estimate of drug-likeness (QED) is 0.441. The molecule has 0 radical (unpaired) electrons. The molecule has 1 atom stereocenters. The van der Waals surface area contributed by atoms with E-state index in [4.69, 9.17) is 15.2 Å². The van der Waals surface area contributed by atoms with Crippen molar-refractivity contribution in [1.82, 2.24) is 30.1 Å². The summed E-state index contributed by atoms with van der Waals surface area (Å²) >= 11 is 0. The Labute approximate surface area is 230 Å². The van der Waals surface area contributed by atoms with Gasteiger partial charge in [-0.1, -0.05) is 38.1 Å². The molecule has 0 bridgehead atoms. The van der Waals surface area contributed by atoms with E-state index in [1.807, 2.05) is 25.7 Å². The normalized spacial score (nSPS) is 15.8. The van der Waals surface area contributed by atoms with Gasteiger partial charge in [0.1, 0.15) is 18.3 Å². The van der Waals surface area contributed by atoms with E-state index in [-0.39, 0.29) is 43.2 Å². The SMILES string of the molecule is Cc1nnn(-c2ccc(C(F)F)cc2)c1COc1ccc(N2CCN(C(=O)OCC(C)(C)C)[C@H](C(N)=O)C2)nn1.